The maximum atomic E-state index is 13.7. The van der Waals surface area contributed by atoms with E-state index in [9.17, 15) is 8.78 Å². The van der Waals surface area contributed by atoms with Gasteiger partial charge in [0, 0.05) is 35.6 Å². The Morgan fingerprint density at radius 3 is 2.72 bits per heavy atom. The van der Waals surface area contributed by atoms with Crippen LogP contribution in [0.15, 0.2) is 77.7 Å². The Labute approximate surface area is 170 Å². The van der Waals surface area contributed by atoms with Gasteiger partial charge < -0.3 is 16.5 Å². The number of allylic oxidation sites excluding steroid dienone is 7. The number of hydrogen-bond donors (Lipinski definition) is 3. The van der Waals surface area contributed by atoms with Crippen LogP contribution in [0.1, 0.15) is 31.2 Å². The second-order valence-electron chi connectivity index (χ2n) is 7.45. The van der Waals surface area contributed by atoms with Crippen molar-refractivity contribution >= 4 is 6.21 Å². The molecule has 0 aromatic carbocycles. The molecule has 4 nitrogen and oxygen atoms in total. The largest absolute Gasteiger partial charge is 0.359 e. The molecule has 0 radical (unpaired) electrons. The van der Waals surface area contributed by atoms with Crippen LogP contribution in [0.25, 0.3) is 0 Å². The van der Waals surface area contributed by atoms with Crippen LogP contribution in [0.5, 0.6) is 0 Å². The van der Waals surface area contributed by atoms with E-state index in [2.05, 4.69) is 16.9 Å². The molecule has 3 rings (SSSR count). The lowest BCUT2D eigenvalue weighted by Gasteiger charge is -2.38. The quantitative estimate of drug-likeness (QED) is 0.443. The van der Waals surface area contributed by atoms with Crippen molar-refractivity contribution in [3.8, 4) is 0 Å². The minimum atomic E-state index is -0.472. The molecule has 0 bridgehead atoms. The van der Waals surface area contributed by atoms with E-state index in [0.717, 1.165) is 28.1 Å². The molecule has 0 fully saturated rings. The second-order valence-corrected chi connectivity index (χ2v) is 7.45. The Morgan fingerprint density at radius 1 is 1.28 bits per heavy atom. The molecule has 1 aromatic heterocycles. The van der Waals surface area contributed by atoms with Gasteiger partial charge in [0.25, 0.3) is 0 Å². The SMILES string of the molecule is C=CC1(Cc2cncc(F)c2)CC(C=N)=C(NC2=CC=C(F)CC2)C=C1CCN. The maximum absolute atomic E-state index is 13.7. The van der Waals surface area contributed by atoms with Gasteiger partial charge in [-0.15, -0.1) is 6.58 Å². The van der Waals surface area contributed by atoms with Gasteiger partial charge in [0.05, 0.1) is 6.20 Å². The van der Waals surface area contributed by atoms with Crippen molar-refractivity contribution in [2.75, 3.05) is 6.54 Å². The van der Waals surface area contributed by atoms with Crippen molar-refractivity contribution in [3.05, 3.63) is 89.1 Å². The van der Waals surface area contributed by atoms with E-state index in [4.69, 9.17) is 11.1 Å². The van der Waals surface area contributed by atoms with Gasteiger partial charge in [0.15, 0.2) is 0 Å². The zero-order valence-electron chi connectivity index (χ0n) is 16.3. The minimum absolute atomic E-state index is 0.130. The van der Waals surface area contributed by atoms with Crippen LogP contribution in [0.3, 0.4) is 0 Å². The molecule has 29 heavy (non-hydrogen) atoms. The Balaban J connectivity index is 1.96. The van der Waals surface area contributed by atoms with Crippen LogP contribution in [-0.2, 0) is 6.42 Å². The number of pyridine rings is 1. The fourth-order valence-corrected chi connectivity index (χ4v) is 3.94. The fraction of sp³-hybridized carbons (Fsp3) is 0.304. The molecule has 4 N–H and O–H groups in total. The van der Waals surface area contributed by atoms with Gasteiger partial charge in [-0.05, 0) is 67.7 Å². The highest BCUT2D eigenvalue weighted by molar-refractivity contribution is 5.79. The first-order valence-corrected chi connectivity index (χ1v) is 9.69. The minimum Gasteiger partial charge on any atom is -0.359 e. The van der Waals surface area contributed by atoms with Gasteiger partial charge in [-0.1, -0.05) is 11.6 Å². The van der Waals surface area contributed by atoms with Crippen LogP contribution >= 0.6 is 0 Å². The summed E-state index contributed by atoms with van der Waals surface area (Å²) in [5.41, 5.74) is 9.78. The summed E-state index contributed by atoms with van der Waals surface area (Å²) < 4.78 is 27.0. The predicted octanol–water partition coefficient (Wildman–Crippen LogP) is 4.64. The van der Waals surface area contributed by atoms with E-state index in [1.54, 1.807) is 12.3 Å². The molecular weight excluding hydrogens is 370 g/mol. The molecule has 2 aliphatic rings. The predicted molar refractivity (Wildman–Crippen MR) is 112 cm³/mol. The van der Waals surface area contributed by atoms with Crippen LogP contribution < -0.4 is 11.1 Å². The summed E-state index contributed by atoms with van der Waals surface area (Å²) in [6.07, 6.45) is 13.9. The molecule has 0 saturated heterocycles. The molecular formula is C23H26F2N4. The van der Waals surface area contributed by atoms with Crippen molar-refractivity contribution in [2.45, 2.75) is 32.1 Å². The van der Waals surface area contributed by atoms with Crippen molar-refractivity contribution in [3.63, 3.8) is 0 Å². The molecule has 6 heteroatoms. The molecule has 0 spiro atoms. The summed E-state index contributed by atoms with van der Waals surface area (Å²) >= 11 is 0. The topological polar surface area (TPSA) is 74.8 Å². The van der Waals surface area contributed by atoms with Gasteiger partial charge in [0.1, 0.15) is 11.6 Å². The highest BCUT2D eigenvalue weighted by Crippen LogP contribution is 2.44. The van der Waals surface area contributed by atoms with E-state index >= 15 is 0 Å². The Kier molecular flexibility index (Phi) is 6.54. The molecule has 0 aliphatic heterocycles. The fourth-order valence-electron chi connectivity index (χ4n) is 3.94. The molecule has 152 valence electrons. The summed E-state index contributed by atoms with van der Waals surface area (Å²) in [4.78, 5) is 3.96. The molecule has 1 aromatic rings. The van der Waals surface area contributed by atoms with Crippen molar-refractivity contribution < 1.29 is 8.78 Å². The van der Waals surface area contributed by atoms with Crippen molar-refractivity contribution in [1.29, 1.82) is 5.41 Å². The summed E-state index contributed by atoms with van der Waals surface area (Å²) in [5, 5.41) is 11.3. The lowest BCUT2D eigenvalue weighted by molar-refractivity contribution is 0.431. The smallest absolute Gasteiger partial charge is 0.141 e. The normalized spacial score (nSPS) is 21.8. The Bertz CT molecular complexity index is 927. The highest BCUT2D eigenvalue weighted by Gasteiger charge is 2.35. The first-order chi connectivity index (χ1) is 14.0. The summed E-state index contributed by atoms with van der Waals surface area (Å²) in [6, 6.07) is 1.48. The van der Waals surface area contributed by atoms with Crippen LogP contribution in [-0.4, -0.2) is 17.7 Å². The lowest BCUT2D eigenvalue weighted by Crippen LogP contribution is -2.32. The second kappa shape index (κ2) is 9.09. The van der Waals surface area contributed by atoms with Gasteiger partial charge >= 0.3 is 0 Å². The average molecular weight is 396 g/mol. The van der Waals surface area contributed by atoms with Gasteiger partial charge in [-0.25, -0.2) is 8.78 Å². The first-order valence-electron chi connectivity index (χ1n) is 9.69. The van der Waals surface area contributed by atoms with Crippen molar-refractivity contribution in [1.82, 2.24) is 10.3 Å². The third kappa shape index (κ3) is 4.77. The zero-order valence-corrected chi connectivity index (χ0v) is 16.3. The number of nitrogens with one attached hydrogen (secondary N) is 2. The lowest BCUT2D eigenvalue weighted by atomic mass is 9.67. The number of aromatic nitrogens is 1. The van der Waals surface area contributed by atoms with Crippen molar-refractivity contribution in [2.24, 2.45) is 11.1 Å². The number of nitrogens with two attached hydrogens (primary N) is 1. The van der Waals surface area contributed by atoms with E-state index in [-0.39, 0.29) is 11.6 Å². The zero-order chi connectivity index (χ0) is 20.9. The number of hydrogen-bond acceptors (Lipinski definition) is 4. The summed E-state index contributed by atoms with van der Waals surface area (Å²) in [6.45, 7) is 4.52. The van der Waals surface area contributed by atoms with Gasteiger partial charge in [-0.3, -0.25) is 4.98 Å². The molecule has 0 saturated carbocycles. The monoisotopic (exact) mass is 396 g/mol. The van der Waals surface area contributed by atoms with Gasteiger partial charge in [0.2, 0.25) is 0 Å². The Hall–Kier alpha value is -2.86. The summed E-state index contributed by atoms with van der Waals surface area (Å²) in [7, 11) is 0. The molecule has 2 aliphatic carbocycles. The average Bonchev–Trinajstić information content (AvgIpc) is 2.71. The number of halogens is 2. The number of rotatable bonds is 8. The van der Waals surface area contributed by atoms with Crippen LogP contribution in [0, 0.1) is 16.6 Å². The van der Waals surface area contributed by atoms with Crippen LogP contribution in [0.2, 0.25) is 0 Å². The standard InChI is InChI=1S/C23H26F2N4/c1-2-23(11-16-9-20(25)15-28-14-16)12-17(13-27)22(10-18(23)7-8-26)29-21-5-3-19(24)4-6-21/h2-3,5,9-10,13-15,27,29H,1,4,6-8,11-12,26H2. The van der Waals surface area contributed by atoms with E-state index < -0.39 is 5.41 Å². The molecule has 1 heterocycles. The van der Waals surface area contributed by atoms with E-state index in [1.807, 2.05) is 12.2 Å². The highest BCUT2D eigenvalue weighted by atomic mass is 19.1. The third-order valence-electron chi connectivity index (χ3n) is 5.46. The maximum Gasteiger partial charge on any atom is 0.141 e. The molecule has 0 amide bonds. The summed E-state index contributed by atoms with van der Waals surface area (Å²) in [5.74, 6) is -0.509. The third-order valence-corrected chi connectivity index (χ3v) is 5.46. The molecule has 1 atom stereocenters. The first kappa shape index (κ1) is 20.9. The van der Waals surface area contributed by atoms with E-state index in [0.29, 0.717) is 38.6 Å². The van der Waals surface area contributed by atoms with Gasteiger partial charge in [-0.2, -0.15) is 0 Å². The van der Waals surface area contributed by atoms with Crippen LogP contribution in [0.4, 0.5) is 8.78 Å². The Morgan fingerprint density at radius 2 is 2.10 bits per heavy atom. The number of nitrogens with zero attached hydrogens (tertiary/aromatic N) is 1. The molecule has 1 unspecified atom stereocenters. The van der Waals surface area contributed by atoms with E-state index in [1.165, 1.54) is 24.6 Å².